The minimum absolute atomic E-state index is 0.0872. The number of carbonyl (C=O) groups excluding carboxylic acids is 1. The molecule has 2 aromatic carbocycles. The fourth-order valence-corrected chi connectivity index (χ4v) is 4.82. The van der Waals surface area contributed by atoms with Crippen molar-refractivity contribution in [2.24, 2.45) is 0 Å². The summed E-state index contributed by atoms with van der Waals surface area (Å²) in [6.45, 7) is 3.98. The highest BCUT2D eigenvalue weighted by Crippen LogP contribution is 2.38. The molecule has 4 rings (SSSR count). The first-order valence-electron chi connectivity index (χ1n) is 11.3. The lowest BCUT2D eigenvalue weighted by Gasteiger charge is -2.24. The lowest BCUT2D eigenvalue weighted by molar-refractivity contribution is -0.153. The largest absolute Gasteiger partial charge is 0.458 e. The summed E-state index contributed by atoms with van der Waals surface area (Å²) >= 11 is 12.6. The Morgan fingerprint density at radius 3 is 2.56 bits per heavy atom. The van der Waals surface area contributed by atoms with Crippen LogP contribution in [0.25, 0.3) is 11.3 Å². The van der Waals surface area contributed by atoms with E-state index in [-0.39, 0.29) is 18.8 Å². The van der Waals surface area contributed by atoms with Gasteiger partial charge in [-0.25, -0.2) is 14.8 Å². The molecule has 0 spiro atoms. The highest BCUT2D eigenvalue weighted by atomic mass is 35.5. The van der Waals surface area contributed by atoms with Gasteiger partial charge in [-0.1, -0.05) is 61.3 Å². The van der Waals surface area contributed by atoms with Gasteiger partial charge in [0.15, 0.2) is 0 Å². The average Bonchev–Trinajstić information content (AvgIpc) is 3.16. The van der Waals surface area contributed by atoms with Crippen LogP contribution in [0.4, 0.5) is 5.82 Å². The number of rotatable bonds is 8. The van der Waals surface area contributed by atoms with Crippen molar-refractivity contribution in [1.29, 1.82) is 0 Å². The molecule has 2 atom stereocenters. The summed E-state index contributed by atoms with van der Waals surface area (Å²) in [7, 11) is 1.48. The summed E-state index contributed by atoms with van der Waals surface area (Å²) in [6, 6.07) is 13.2. The van der Waals surface area contributed by atoms with Crippen molar-refractivity contribution < 1.29 is 14.3 Å². The predicted octanol–water partition coefficient (Wildman–Crippen LogP) is 5.84. The molecule has 0 amide bonds. The molecule has 34 heavy (non-hydrogen) atoms. The molecule has 0 radical (unpaired) electrons. The van der Waals surface area contributed by atoms with Crippen molar-refractivity contribution >= 4 is 35.0 Å². The number of aromatic nitrogens is 2. The van der Waals surface area contributed by atoms with E-state index in [4.69, 9.17) is 42.6 Å². The number of carbonyl (C=O) groups is 1. The normalized spacial score (nSPS) is 16.9. The number of hydrogen-bond donors (Lipinski definition) is 1. The number of esters is 1. The second-order valence-corrected chi connectivity index (χ2v) is 8.98. The number of anilines is 1. The number of nitrogens with zero attached hydrogens (tertiary/aromatic N) is 2. The van der Waals surface area contributed by atoms with Gasteiger partial charge in [0.1, 0.15) is 18.5 Å². The Hall–Kier alpha value is -2.67. The molecule has 3 aromatic rings. The van der Waals surface area contributed by atoms with E-state index in [1.54, 1.807) is 12.1 Å². The van der Waals surface area contributed by atoms with Crippen molar-refractivity contribution in [2.75, 3.05) is 19.0 Å². The predicted molar refractivity (Wildman–Crippen MR) is 135 cm³/mol. The van der Waals surface area contributed by atoms with E-state index in [1.807, 2.05) is 32.0 Å². The second-order valence-electron chi connectivity index (χ2n) is 8.13. The van der Waals surface area contributed by atoms with E-state index in [1.165, 1.54) is 7.11 Å². The van der Waals surface area contributed by atoms with Crippen LogP contribution in [0.2, 0.25) is 10.0 Å². The van der Waals surface area contributed by atoms with Crippen LogP contribution in [0.3, 0.4) is 0 Å². The molecule has 0 aliphatic heterocycles. The van der Waals surface area contributed by atoms with Crippen LogP contribution in [0.15, 0.2) is 42.5 Å². The second kappa shape index (κ2) is 10.7. The lowest BCUT2D eigenvalue weighted by Crippen LogP contribution is -2.29. The SMILES string of the molecule is CCc1nc(-c2ccc(Cl)cc2Cl)c(CC)nc1N[C@@H]1c2ccccc2C[C@@H]1OC(=O)COC. The fourth-order valence-electron chi connectivity index (χ4n) is 4.32. The number of hydrogen-bond acceptors (Lipinski definition) is 6. The zero-order valence-corrected chi connectivity index (χ0v) is 20.9. The van der Waals surface area contributed by atoms with Gasteiger partial charge in [-0.05, 0) is 42.2 Å². The van der Waals surface area contributed by atoms with Gasteiger partial charge < -0.3 is 14.8 Å². The summed E-state index contributed by atoms with van der Waals surface area (Å²) < 4.78 is 10.7. The maximum Gasteiger partial charge on any atom is 0.332 e. The van der Waals surface area contributed by atoms with Gasteiger partial charge in [-0.2, -0.15) is 0 Å². The number of aryl methyl sites for hydroxylation is 2. The first-order chi connectivity index (χ1) is 16.4. The molecule has 0 unspecified atom stereocenters. The molecule has 8 heteroatoms. The first kappa shape index (κ1) is 24.5. The van der Waals surface area contributed by atoms with E-state index < -0.39 is 5.97 Å². The minimum atomic E-state index is -0.393. The van der Waals surface area contributed by atoms with Crippen molar-refractivity contribution in [2.45, 2.75) is 45.3 Å². The third-order valence-electron chi connectivity index (χ3n) is 5.92. The summed E-state index contributed by atoms with van der Waals surface area (Å²) in [5.74, 6) is 0.290. The molecule has 0 saturated carbocycles. The van der Waals surface area contributed by atoms with Crippen LogP contribution in [-0.2, 0) is 33.5 Å². The van der Waals surface area contributed by atoms with E-state index >= 15 is 0 Å². The molecule has 0 fully saturated rings. The average molecular weight is 500 g/mol. The third kappa shape index (κ3) is 5.04. The Labute approximate surface area is 209 Å². The molecular weight excluding hydrogens is 473 g/mol. The number of halogens is 2. The van der Waals surface area contributed by atoms with Gasteiger partial charge in [0.25, 0.3) is 0 Å². The summed E-state index contributed by atoms with van der Waals surface area (Å²) in [4.78, 5) is 22.1. The van der Waals surface area contributed by atoms with Crippen molar-refractivity contribution in [3.05, 3.63) is 75.0 Å². The number of ether oxygens (including phenoxy) is 2. The first-order valence-corrected chi connectivity index (χ1v) is 12.1. The van der Waals surface area contributed by atoms with Gasteiger partial charge in [0, 0.05) is 24.1 Å². The number of nitrogens with one attached hydrogen (secondary N) is 1. The van der Waals surface area contributed by atoms with Crippen molar-refractivity contribution in [1.82, 2.24) is 9.97 Å². The summed E-state index contributed by atoms with van der Waals surface area (Å²) in [5, 5.41) is 4.65. The Morgan fingerprint density at radius 1 is 1.09 bits per heavy atom. The Balaban J connectivity index is 1.72. The van der Waals surface area contributed by atoms with E-state index in [0.29, 0.717) is 35.1 Å². The molecule has 1 aliphatic carbocycles. The molecule has 178 valence electrons. The van der Waals surface area contributed by atoms with Gasteiger partial charge in [0.2, 0.25) is 0 Å². The van der Waals surface area contributed by atoms with Crippen LogP contribution in [-0.4, -0.2) is 35.8 Å². The summed E-state index contributed by atoms with van der Waals surface area (Å²) in [5.41, 5.74) is 5.41. The molecular formula is C26H27Cl2N3O3. The van der Waals surface area contributed by atoms with Crippen molar-refractivity contribution in [3.63, 3.8) is 0 Å². The zero-order chi connectivity index (χ0) is 24.2. The Morgan fingerprint density at radius 2 is 1.85 bits per heavy atom. The highest BCUT2D eigenvalue weighted by Gasteiger charge is 2.36. The third-order valence-corrected chi connectivity index (χ3v) is 6.46. The maximum atomic E-state index is 12.2. The Kier molecular flexibility index (Phi) is 7.71. The quantitative estimate of drug-likeness (QED) is 0.392. The van der Waals surface area contributed by atoms with Gasteiger partial charge in [0.05, 0.1) is 28.1 Å². The number of methoxy groups -OCH3 is 1. The maximum absolute atomic E-state index is 12.2. The summed E-state index contributed by atoms with van der Waals surface area (Å²) in [6.07, 6.45) is 1.59. The van der Waals surface area contributed by atoms with E-state index in [2.05, 4.69) is 17.4 Å². The Bertz CT molecular complexity index is 1200. The van der Waals surface area contributed by atoms with Crippen LogP contribution < -0.4 is 5.32 Å². The van der Waals surface area contributed by atoms with E-state index in [9.17, 15) is 4.79 Å². The molecule has 1 heterocycles. The monoisotopic (exact) mass is 499 g/mol. The molecule has 0 saturated heterocycles. The molecule has 0 bridgehead atoms. The van der Waals surface area contributed by atoms with Crippen LogP contribution >= 0.6 is 23.2 Å². The highest BCUT2D eigenvalue weighted by molar-refractivity contribution is 6.36. The van der Waals surface area contributed by atoms with Gasteiger partial charge in [-0.3, -0.25) is 0 Å². The molecule has 1 N–H and O–H groups in total. The molecule has 6 nitrogen and oxygen atoms in total. The topological polar surface area (TPSA) is 73.3 Å². The van der Waals surface area contributed by atoms with Gasteiger partial charge >= 0.3 is 5.97 Å². The molecule has 1 aliphatic rings. The minimum Gasteiger partial charge on any atom is -0.458 e. The zero-order valence-electron chi connectivity index (χ0n) is 19.4. The van der Waals surface area contributed by atoms with Crippen LogP contribution in [0.5, 0.6) is 0 Å². The van der Waals surface area contributed by atoms with Crippen molar-refractivity contribution in [3.8, 4) is 11.3 Å². The molecule has 1 aromatic heterocycles. The smallest absolute Gasteiger partial charge is 0.332 e. The van der Waals surface area contributed by atoms with Gasteiger partial charge in [-0.15, -0.1) is 0 Å². The fraction of sp³-hybridized carbons (Fsp3) is 0.346. The standard InChI is InChI=1S/C26H27Cl2N3O3/c1-4-20-24(18-11-10-16(27)13-19(18)28)29-21(5-2)26(30-20)31-25-17-9-7-6-8-15(17)12-22(25)34-23(32)14-33-3/h6-11,13,22,25H,4-5,12,14H2,1-3H3,(H,30,31)/t22-,25+/m0/s1. The van der Waals surface area contributed by atoms with Crippen LogP contribution in [0, 0.1) is 0 Å². The lowest BCUT2D eigenvalue weighted by atomic mass is 10.1. The van der Waals surface area contributed by atoms with Crippen LogP contribution in [0.1, 0.15) is 42.4 Å². The number of fused-ring (bicyclic) bond motifs is 1. The number of benzene rings is 2. The van der Waals surface area contributed by atoms with E-state index in [0.717, 1.165) is 33.8 Å².